The highest BCUT2D eigenvalue weighted by Crippen LogP contribution is 2.25. The molecule has 0 amide bonds. The zero-order valence-electron chi connectivity index (χ0n) is 10.5. The maximum Gasteiger partial charge on any atom is 0.0952 e. The monoisotopic (exact) mass is 262 g/mol. The molecule has 0 saturated carbocycles. The molecule has 5 heteroatoms. The van der Waals surface area contributed by atoms with Crippen molar-refractivity contribution in [3.63, 3.8) is 0 Å². The Hall–Kier alpha value is -1.20. The van der Waals surface area contributed by atoms with Crippen molar-refractivity contribution in [2.45, 2.75) is 44.8 Å². The maximum absolute atomic E-state index is 4.34. The molecule has 2 unspecified atom stereocenters. The molecule has 1 fully saturated rings. The Bertz CT molecular complexity index is 491. The molecule has 2 aromatic rings. The lowest BCUT2D eigenvalue weighted by Crippen LogP contribution is -2.35. The van der Waals surface area contributed by atoms with Crippen LogP contribution in [0.3, 0.4) is 0 Å². The van der Waals surface area contributed by atoms with Crippen LogP contribution in [0.1, 0.15) is 43.6 Å². The van der Waals surface area contributed by atoms with Crippen LogP contribution in [0.2, 0.25) is 0 Å². The van der Waals surface area contributed by atoms with Crippen molar-refractivity contribution in [3.05, 3.63) is 34.8 Å². The number of thiazole rings is 1. The third-order valence-electron chi connectivity index (χ3n) is 3.53. The number of imidazole rings is 1. The van der Waals surface area contributed by atoms with Gasteiger partial charge in [0.25, 0.3) is 0 Å². The van der Waals surface area contributed by atoms with E-state index in [4.69, 9.17) is 0 Å². The lowest BCUT2D eigenvalue weighted by atomic mass is 9.97. The van der Waals surface area contributed by atoms with Crippen molar-refractivity contribution in [2.24, 2.45) is 0 Å². The van der Waals surface area contributed by atoms with E-state index < -0.39 is 0 Å². The Morgan fingerprint density at radius 1 is 1.50 bits per heavy atom. The molecule has 0 aromatic carbocycles. The third-order valence-corrected chi connectivity index (χ3v) is 4.17. The van der Waals surface area contributed by atoms with Gasteiger partial charge < -0.3 is 9.88 Å². The molecule has 96 valence electrons. The molecule has 1 N–H and O–H groups in total. The average Bonchev–Trinajstić information content (AvgIpc) is 3.01. The van der Waals surface area contributed by atoms with Gasteiger partial charge in [0.1, 0.15) is 0 Å². The van der Waals surface area contributed by atoms with E-state index in [0.717, 1.165) is 12.2 Å². The predicted molar refractivity (Wildman–Crippen MR) is 72.6 cm³/mol. The smallest absolute Gasteiger partial charge is 0.0952 e. The van der Waals surface area contributed by atoms with E-state index in [9.17, 15) is 0 Å². The summed E-state index contributed by atoms with van der Waals surface area (Å²) in [5, 5.41) is 5.76. The Labute approximate surface area is 111 Å². The van der Waals surface area contributed by atoms with Crippen LogP contribution in [0.4, 0.5) is 0 Å². The lowest BCUT2D eigenvalue weighted by Gasteiger charge is -2.29. The fourth-order valence-corrected chi connectivity index (χ4v) is 3.16. The molecule has 0 aliphatic carbocycles. The summed E-state index contributed by atoms with van der Waals surface area (Å²) in [6, 6.07) is 1.04. The predicted octanol–water partition coefficient (Wildman–Crippen LogP) is 2.59. The highest BCUT2D eigenvalue weighted by molar-refractivity contribution is 7.07. The van der Waals surface area contributed by atoms with Gasteiger partial charge in [0.05, 0.1) is 29.8 Å². The van der Waals surface area contributed by atoms with Crippen molar-refractivity contribution >= 4 is 11.3 Å². The third kappa shape index (κ3) is 2.47. The average molecular weight is 262 g/mol. The van der Waals surface area contributed by atoms with Gasteiger partial charge in [0, 0.05) is 23.7 Å². The van der Waals surface area contributed by atoms with Gasteiger partial charge in [-0.3, -0.25) is 0 Å². The largest absolute Gasteiger partial charge is 0.327 e. The fraction of sp³-hybridized carbons (Fsp3) is 0.538. The Morgan fingerprint density at radius 2 is 2.44 bits per heavy atom. The van der Waals surface area contributed by atoms with E-state index in [2.05, 4.69) is 32.2 Å². The second-order valence-electron chi connectivity index (χ2n) is 4.98. The molecule has 18 heavy (non-hydrogen) atoms. The number of hydrogen-bond donors (Lipinski definition) is 1. The molecule has 2 atom stereocenters. The second-order valence-corrected chi connectivity index (χ2v) is 5.70. The molecule has 3 heterocycles. The number of nitrogens with one attached hydrogen (secondary N) is 1. The van der Waals surface area contributed by atoms with Gasteiger partial charge in [-0.1, -0.05) is 0 Å². The topological polar surface area (TPSA) is 42.7 Å². The van der Waals surface area contributed by atoms with Crippen molar-refractivity contribution in [1.82, 2.24) is 19.9 Å². The first-order valence-electron chi connectivity index (χ1n) is 6.46. The summed E-state index contributed by atoms with van der Waals surface area (Å²) in [6.45, 7) is 3.08. The van der Waals surface area contributed by atoms with Crippen LogP contribution in [-0.4, -0.2) is 20.6 Å². The van der Waals surface area contributed by atoms with Crippen molar-refractivity contribution < 1.29 is 0 Å². The molecule has 1 aliphatic rings. The molecular weight excluding hydrogens is 244 g/mol. The number of rotatable bonds is 3. The number of aromatic nitrogens is 3. The number of nitrogens with zero attached hydrogens (tertiary/aromatic N) is 3. The minimum atomic E-state index is 0.440. The SMILES string of the molecule is CC1CCCC(c2cncn2Cc2cscn2)N1. The standard InChI is InChI=1S/C13H18N4S/c1-10-3-2-4-12(16-10)13-5-14-8-17(13)6-11-7-18-9-15-11/h5,7-10,12,16H,2-4,6H2,1H3. The molecule has 2 aromatic heterocycles. The van der Waals surface area contributed by atoms with Gasteiger partial charge in [-0.05, 0) is 26.2 Å². The van der Waals surface area contributed by atoms with E-state index in [1.807, 2.05) is 18.0 Å². The van der Waals surface area contributed by atoms with Crippen molar-refractivity contribution in [3.8, 4) is 0 Å². The maximum atomic E-state index is 4.34. The van der Waals surface area contributed by atoms with Gasteiger partial charge in [-0.2, -0.15) is 0 Å². The molecule has 3 rings (SSSR count). The van der Waals surface area contributed by atoms with Crippen LogP contribution in [0.5, 0.6) is 0 Å². The van der Waals surface area contributed by atoms with Gasteiger partial charge in [-0.15, -0.1) is 11.3 Å². The molecule has 0 spiro atoms. The van der Waals surface area contributed by atoms with E-state index in [0.29, 0.717) is 12.1 Å². The van der Waals surface area contributed by atoms with E-state index >= 15 is 0 Å². The van der Waals surface area contributed by atoms with Crippen LogP contribution < -0.4 is 5.32 Å². The Morgan fingerprint density at radius 3 is 3.22 bits per heavy atom. The van der Waals surface area contributed by atoms with E-state index in [-0.39, 0.29) is 0 Å². The van der Waals surface area contributed by atoms with Crippen LogP contribution in [0, 0.1) is 0 Å². The first kappa shape index (κ1) is 11.9. The summed E-state index contributed by atoms with van der Waals surface area (Å²) >= 11 is 1.64. The molecule has 1 saturated heterocycles. The Kier molecular flexibility index (Phi) is 3.43. The zero-order chi connectivity index (χ0) is 12.4. The summed E-state index contributed by atoms with van der Waals surface area (Å²) in [5.74, 6) is 0. The summed E-state index contributed by atoms with van der Waals surface area (Å²) in [6.07, 6.45) is 7.67. The minimum absolute atomic E-state index is 0.440. The molecule has 0 radical (unpaired) electrons. The van der Waals surface area contributed by atoms with E-state index in [1.54, 1.807) is 11.3 Å². The first-order valence-corrected chi connectivity index (χ1v) is 7.40. The molecule has 4 nitrogen and oxygen atoms in total. The van der Waals surface area contributed by atoms with Gasteiger partial charge in [-0.25, -0.2) is 9.97 Å². The molecule has 0 bridgehead atoms. The quantitative estimate of drug-likeness (QED) is 0.924. The van der Waals surface area contributed by atoms with Gasteiger partial charge in [0.2, 0.25) is 0 Å². The normalized spacial score (nSPS) is 24.3. The van der Waals surface area contributed by atoms with E-state index in [1.165, 1.54) is 25.0 Å². The van der Waals surface area contributed by atoms with Crippen LogP contribution >= 0.6 is 11.3 Å². The summed E-state index contributed by atoms with van der Waals surface area (Å²) < 4.78 is 2.21. The Balaban J connectivity index is 1.78. The lowest BCUT2D eigenvalue weighted by molar-refractivity contribution is 0.330. The highest BCUT2D eigenvalue weighted by atomic mass is 32.1. The van der Waals surface area contributed by atoms with Crippen LogP contribution in [-0.2, 0) is 6.54 Å². The van der Waals surface area contributed by atoms with Gasteiger partial charge >= 0.3 is 0 Å². The number of hydrogen-bond acceptors (Lipinski definition) is 4. The highest BCUT2D eigenvalue weighted by Gasteiger charge is 2.22. The first-order chi connectivity index (χ1) is 8.83. The molecular formula is C13H18N4S. The van der Waals surface area contributed by atoms with Crippen molar-refractivity contribution in [1.29, 1.82) is 0 Å². The summed E-state index contributed by atoms with van der Waals surface area (Å²) in [7, 11) is 0. The molecule has 1 aliphatic heterocycles. The second kappa shape index (κ2) is 5.20. The summed E-state index contributed by atoms with van der Waals surface area (Å²) in [5.41, 5.74) is 4.28. The van der Waals surface area contributed by atoms with Crippen LogP contribution in [0.15, 0.2) is 23.4 Å². The zero-order valence-corrected chi connectivity index (χ0v) is 11.4. The fourth-order valence-electron chi connectivity index (χ4n) is 2.61. The van der Waals surface area contributed by atoms with Gasteiger partial charge in [0.15, 0.2) is 0 Å². The number of piperidine rings is 1. The minimum Gasteiger partial charge on any atom is -0.327 e. The summed E-state index contributed by atoms with van der Waals surface area (Å²) in [4.78, 5) is 8.64. The van der Waals surface area contributed by atoms with Crippen LogP contribution in [0.25, 0.3) is 0 Å². The van der Waals surface area contributed by atoms with Crippen molar-refractivity contribution in [2.75, 3.05) is 0 Å².